The van der Waals surface area contributed by atoms with Gasteiger partial charge in [0.1, 0.15) is 11.0 Å². The standard InChI is InChI=1S/C12H14ClF3N2O/c1-7-2-3-18(9(7)6-19)11-5-8(12(14,15)16)4-10(13)17-11/h4-5,7,9,19H,2-3,6H2,1H3. The Bertz CT molecular complexity index is 467. The first kappa shape index (κ1) is 14.4. The zero-order valence-electron chi connectivity index (χ0n) is 10.3. The smallest absolute Gasteiger partial charge is 0.394 e. The maximum absolute atomic E-state index is 12.7. The zero-order valence-corrected chi connectivity index (χ0v) is 11.0. The van der Waals surface area contributed by atoms with Gasteiger partial charge in [-0.2, -0.15) is 13.2 Å². The van der Waals surface area contributed by atoms with Crippen LogP contribution in [0.5, 0.6) is 0 Å². The van der Waals surface area contributed by atoms with Crippen molar-refractivity contribution < 1.29 is 18.3 Å². The summed E-state index contributed by atoms with van der Waals surface area (Å²) in [6.45, 7) is 2.41. The molecule has 1 fully saturated rings. The van der Waals surface area contributed by atoms with Crippen molar-refractivity contribution in [2.24, 2.45) is 5.92 Å². The number of anilines is 1. The minimum Gasteiger partial charge on any atom is -0.394 e. The number of pyridine rings is 1. The predicted octanol–water partition coefficient (Wildman–Crippen LogP) is 2.96. The van der Waals surface area contributed by atoms with Crippen LogP contribution in [0.4, 0.5) is 19.0 Å². The molecule has 3 nitrogen and oxygen atoms in total. The molecule has 0 spiro atoms. The number of aliphatic hydroxyl groups excluding tert-OH is 1. The Balaban J connectivity index is 2.37. The highest BCUT2D eigenvalue weighted by molar-refractivity contribution is 6.29. The highest BCUT2D eigenvalue weighted by Gasteiger charge is 2.35. The Kier molecular flexibility index (Phi) is 3.92. The largest absolute Gasteiger partial charge is 0.416 e. The van der Waals surface area contributed by atoms with Crippen molar-refractivity contribution in [2.45, 2.75) is 25.6 Å². The summed E-state index contributed by atoms with van der Waals surface area (Å²) in [5.74, 6) is 0.378. The monoisotopic (exact) mass is 294 g/mol. The molecule has 106 valence electrons. The summed E-state index contributed by atoms with van der Waals surface area (Å²) in [5.41, 5.74) is -0.821. The summed E-state index contributed by atoms with van der Waals surface area (Å²) in [4.78, 5) is 5.63. The van der Waals surface area contributed by atoms with Crippen molar-refractivity contribution in [3.8, 4) is 0 Å². The fourth-order valence-electron chi connectivity index (χ4n) is 2.36. The molecule has 0 saturated carbocycles. The van der Waals surface area contributed by atoms with Crippen LogP contribution in [0.3, 0.4) is 0 Å². The fraction of sp³-hybridized carbons (Fsp3) is 0.583. The number of aliphatic hydroxyl groups is 1. The molecule has 0 radical (unpaired) electrons. The third-order valence-electron chi connectivity index (χ3n) is 3.47. The van der Waals surface area contributed by atoms with Gasteiger partial charge < -0.3 is 10.0 Å². The quantitative estimate of drug-likeness (QED) is 0.852. The molecule has 1 aromatic rings. The van der Waals surface area contributed by atoms with E-state index < -0.39 is 11.7 Å². The Hall–Kier alpha value is -1.01. The van der Waals surface area contributed by atoms with Gasteiger partial charge in [0.05, 0.1) is 18.2 Å². The minimum atomic E-state index is -4.46. The van der Waals surface area contributed by atoms with E-state index in [1.54, 1.807) is 4.90 Å². The summed E-state index contributed by atoms with van der Waals surface area (Å²) < 4.78 is 38.2. The molecule has 2 atom stereocenters. The first-order chi connectivity index (χ1) is 8.82. The summed E-state index contributed by atoms with van der Waals surface area (Å²) in [6.07, 6.45) is -3.65. The average molecular weight is 295 g/mol. The SMILES string of the molecule is CC1CCN(c2cc(C(F)(F)F)cc(Cl)n2)C1CO. The fourth-order valence-corrected chi connectivity index (χ4v) is 2.57. The lowest BCUT2D eigenvalue weighted by Crippen LogP contribution is -2.35. The molecule has 1 aliphatic heterocycles. The molecule has 0 aromatic carbocycles. The predicted molar refractivity (Wildman–Crippen MR) is 66.2 cm³/mol. The Labute approximate surface area is 114 Å². The lowest BCUT2D eigenvalue weighted by Gasteiger charge is -2.26. The Morgan fingerprint density at radius 1 is 1.47 bits per heavy atom. The molecule has 2 heterocycles. The first-order valence-electron chi connectivity index (χ1n) is 5.95. The summed E-state index contributed by atoms with van der Waals surface area (Å²) >= 11 is 5.66. The van der Waals surface area contributed by atoms with Gasteiger partial charge in [-0.1, -0.05) is 18.5 Å². The molecule has 1 N–H and O–H groups in total. The van der Waals surface area contributed by atoms with E-state index in [0.29, 0.717) is 6.54 Å². The van der Waals surface area contributed by atoms with Gasteiger partial charge in [-0.3, -0.25) is 0 Å². The molecule has 1 aromatic heterocycles. The zero-order chi connectivity index (χ0) is 14.2. The lowest BCUT2D eigenvalue weighted by atomic mass is 10.0. The summed E-state index contributed by atoms with van der Waals surface area (Å²) in [5, 5.41) is 9.15. The highest BCUT2D eigenvalue weighted by atomic mass is 35.5. The van der Waals surface area contributed by atoms with Crippen molar-refractivity contribution >= 4 is 17.4 Å². The normalized spacial score (nSPS) is 24.0. The second kappa shape index (κ2) is 5.17. The molecule has 7 heteroatoms. The van der Waals surface area contributed by atoms with Crippen LogP contribution in [-0.4, -0.2) is 29.3 Å². The topological polar surface area (TPSA) is 36.4 Å². The maximum Gasteiger partial charge on any atom is 0.416 e. The number of nitrogens with zero attached hydrogens (tertiary/aromatic N) is 2. The first-order valence-corrected chi connectivity index (χ1v) is 6.33. The molecule has 0 amide bonds. The van der Waals surface area contributed by atoms with Gasteiger partial charge in [-0.05, 0) is 24.5 Å². The van der Waals surface area contributed by atoms with Crippen LogP contribution in [0.15, 0.2) is 12.1 Å². The van der Waals surface area contributed by atoms with Crippen molar-refractivity contribution in [3.63, 3.8) is 0 Å². The third kappa shape index (κ3) is 2.95. The molecule has 19 heavy (non-hydrogen) atoms. The van der Waals surface area contributed by atoms with Gasteiger partial charge in [0, 0.05) is 6.54 Å². The molecule has 2 unspecified atom stereocenters. The second-order valence-corrected chi connectivity index (χ2v) is 5.13. The lowest BCUT2D eigenvalue weighted by molar-refractivity contribution is -0.137. The molecule has 0 bridgehead atoms. The number of hydrogen-bond donors (Lipinski definition) is 1. The molecule has 1 aliphatic rings. The van der Waals surface area contributed by atoms with Gasteiger partial charge in [0.2, 0.25) is 0 Å². The average Bonchev–Trinajstić information content (AvgIpc) is 2.68. The Morgan fingerprint density at radius 3 is 2.74 bits per heavy atom. The van der Waals surface area contributed by atoms with Crippen LogP contribution in [0.25, 0.3) is 0 Å². The van der Waals surface area contributed by atoms with Crippen molar-refractivity contribution in [1.82, 2.24) is 4.98 Å². The minimum absolute atomic E-state index is 0.114. The van der Waals surface area contributed by atoms with E-state index >= 15 is 0 Å². The van der Waals surface area contributed by atoms with Gasteiger partial charge in [-0.15, -0.1) is 0 Å². The van der Waals surface area contributed by atoms with Gasteiger partial charge in [0.25, 0.3) is 0 Å². The van der Waals surface area contributed by atoms with Crippen LogP contribution < -0.4 is 4.90 Å². The molecule has 1 saturated heterocycles. The van der Waals surface area contributed by atoms with E-state index in [-0.39, 0.29) is 29.5 Å². The van der Waals surface area contributed by atoms with E-state index in [4.69, 9.17) is 11.6 Å². The van der Waals surface area contributed by atoms with Crippen LogP contribution in [-0.2, 0) is 6.18 Å². The van der Waals surface area contributed by atoms with E-state index in [2.05, 4.69) is 4.98 Å². The van der Waals surface area contributed by atoms with Gasteiger partial charge >= 0.3 is 6.18 Å². The molecule has 2 rings (SSSR count). The van der Waals surface area contributed by atoms with E-state index in [1.807, 2.05) is 6.92 Å². The number of rotatable bonds is 2. The molecular weight excluding hydrogens is 281 g/mol. The molecule has 0 aliphatic carbocycles. The van der Waals surface area contributed by atoms with Crippen LogP contribution in [0.2, 0.25) is 5.15 Å². The number of aromatic nitrogens is 1. The van der Waals surface area contributed by atoms with Gasteiger partial charge in [-0.25, -0.2) is 4.98 Å². The van der Waals surface area contributed by atoms with Crippen molar-refractivity contribution in [3.05, 3.63) is 22.8 Å². The number of alkyl halides is 3. The third-order valence-corrected chi connectivity index (χ3v) is 3.67. The van der Waals surface area contributed by atoms with E-state index in [1.165, 1.54) is 0 Å². The van der Waals surface area contributed by atoms with Crippen molar-refractivity contribution in [2.75, 3.05) is 18.1 Å². The number of halogens is 4. The van der Waals surface area contributed by atoms with Crippen molar-refractivity contribution in [1.29, 1.82) is 0 Å². The van der Waals surface area contributed by atoms with Crippen LogP contribution in [0.1, 0.15) is 18.9 Å². The van der Waals surface area contributed by atoms with E-state index in [0.717, 1.165) is 18.6 Å². The summed E-state index contributed by atoms with van der Waals surface area (Å²) in [7, 11) is 0. The van der Waals surface area contributed by atoms with E-state index in [9.17, 15) is 18.3 Å². The summed E-state index contributed by atoms with van der Waals surface area (Å²) in [6, 6.07) is 1.57. The number of hydrogen-bond acceptors (Lipinski definition) is 3. The van der Waals surface area contributed by atoms with Gasteiger partial charge in [0.15, 0.2) is 0 Å². The van der Waals surface area contributed by atoms with Crippen LogP contribution >= 0.6 is 11.6 Å². The molecular formula is C12H14ClF3N2O. The second-order valence-electron chi connectivity index (χ2n) is 4.74. The van der Waals surface area contributed by atoms with Crippen LogP contribution in [0, 0.1) is 5.92 Å². The highest BCUT2D eigenvalue weighted by Crippen LogP contribution is 2.35. The maximum atomic E-state index is 12.7. The Morgan fingerprint density at radius 2 is 2.16 bits per heavy atom.